The molecule has 0 unspecified atom stereocenters. The maximum Gasteiger partial charge on any atom is 0.210 e. The summed E-state index contributed by atoms with van der Waals surface area (Å²) >= 11 is 0. The molecular formula is C42H51N2+. The molecule has 44 heavy (non-hydrogen) atoms. The Hall–Kier alpha value is -3.91. The highest BCUT2D eigenvalue weighted by Crippen LogP contribution is 2.51. The van der Waals surface area contributed by atoms with E-state index in [4.69, 9.17) is 0 Å². The van der Waals surface area contributed by atoms with Gasteiger partial charge in [-0.2, -0.15) is 4.58 Å². The minimum atomic E-state index is -0.0947. The Morgan fingerprint density at radius 1 is 0.750 bits per heavy atom. The number of allylic oxidation sites excluding steroid dienone is 5. The lowest BCUT2D eigenvalue weighted by Crippen LogP contribution is -2.28. The number of anilines is 1. The van der Waals surface area contributed by atoms with Crippen LogP contribution in [0.15, 0.2) is 109 Å². The molecule has 0 spiro atoms. The van der Waals surface area contributed by atoms with Gasteiger partial charge in [0.2, 0.25) is 5.69 Å². The predicted octanol–water partition coefficient (Wildman–Crippen LogP) is 11.4. The Balaban J connectivity index is 0.00000123. The molecule has 4 aromatic carbocycles. The summed E-state index contributed by atoms with van der Waals surface area (Å²) < 4.78 is 2.39. The number of fused-ring (bicyclic) bond motifs is 6. The molecule has 2 heterocycles. The average Bonchev–Trinajstić information content (AvgIpc) is 3.35. The standard InChI is InChI=1S/C39H43N2.C3H8/c1-7-8-9-10-15-27-41-33-26-24-29-18-12-14-20-31(29)37(33)39(4,5)35(41)22-16-21-34-38(2,3)36-30-19-13-11-17-28(30)23-25-32(36)40(34)6;1-3-2/h7,11-14,16-26H,1,8-10,15,27H2,2-6H3;3H2,1-2H3/q+1;. The molecule has 0 N–H and O–H groups in total. The Morgan fingerprint density at radius 3 is 2.02 bits per heavy atom. The highest BCUT2D eigenvalue weighted by Gasteiger charge is 2.44. The molecule has 4 aromatic rings. The fourth-order valence-electron chi connectivity index (χ4n) is 7.44. The van der Waals surface area contributed by atoms with E-state index in [1.54, 1.807) is 0 Å². The molecule has 0 aliphatic carbocycles. The average molecular weight is 584 g/mol. The number of rotatable bonds is 8. The van der Waals surface area contributed by atoms with Gasteiger partial charge in [0, 0.05) is 41.1 Å². The van der Waals surface area contributed by atoms with Crippen LogP contribution in [0.4, 0.5) is 11.4 Å². The highest BCUT2D eigenvalue weighted by atomic mass is 15.2. The fourth-order valence-corrected chi connectivity index (χ4v) is 7.44. The molecule has 2 nitrogen and oxygen atoms in total. The first-order valence-corrected chi connectivity index (χ1v) is 16.6. The van der Waals surface area contributed by atoms with E-state index in [0.717, 1.165) is 13.0 Å². The molecule has 2 aliphatic rings. The van der Waals surface area contributed by atoms with Gasteiger partial charge in [0.1, 0.15) is 7.05 Å². The van der Waals surface area contributed by atoms with Gasteiger partial charge >= 0.3 is 0 Å². The van der Waals surface area contributed by atoms with Crippen LogP contribution in [-0.2, 0) is 10.8 Å². The molecule has 0 saturated carbocycles. The lowest BCUT2D eigenvalue weighted by atomic mass is 9.79. The SMILES string of the molecule is C=CCCCCCN1/C(=C/C=C/C2=[N+](C)c3ccc4ccccc4c3C2(C)C)C(C)(C)c2c1ccc1ccccc21.CCC. The summed E-state index contributed by atoms with van der Waals surface area (Å²) in [6.07, 6.45) is 15.0. The largest absolute Gasteiger partial charge is 0.344 e. The Labute approximate surface area is 266 Å². The van der Waals surface area contributed by atoms with Gasteiger partial charge in [-0.05, 0) is 78.4 Å². The first-order chi connectivity index (χ1) is 21.2. The molecule has 0 radical (unpaired) electrons. The number of nitrogens with zero attached hydrogens (tertiary/aromatic N) is 2. The number of hydrogen-bond donors (Lipinski definition) is 0. The minimum absolute atomic E-state index is 0.0881. The van der Waals surface area contributed by atoms with Gasteiger partial charge in [0.05, 0.1) is 5.41 Å². The molecule has 0 bridgehead atoms. The molecule has 0 fully saturated rings. The first-order valence-electron chi connectivity index (χ1n) is 16.6. The summed E-state index contributed by atoms with van der Waals surface area (Å²) in [5.74, 6) is 0. The first kappa shape index (κ1) is 31.5. The predicted molar refractivity (Wildman–Crippen MR) is 194 cm³/mol. The zero-order chi connectivity index (χ0) is 31.5. The third kappa shape index (κ3) is 5.56. The van der Waals surface area contributed by atoms with E-state index in [1.165, 1.54) is 81.1 Å². The highest BCUT2D eigenvalue weighted by molar-refractivity contribution is 6.07. The van der Waals surface area contributed by atoms with Crippen LogP contribution in [0.3, 0.4) is 0 Å². The number of unbranched alkanes of at least 4 members (excludes halogenated alkanes) is 3. The monoisotopic (exact) mass is 583 g/mol. The second-order valence-corrected chi connectivity index (χ2v) is 13.5. The van der Waals surface area contributed by atoms with Gasteiger partial charge in [-0.25, -0.2) is 0 Å². The molecule has 0 atom stereocenters. The summed E-state index contributed by atoms with van der Waals surface area (Å²) in [7, 11) is 2.21. The van der Waals surface area contributed by atoms with Crippen molar-refractivity contribution in [1.29, 1.82) is 0 Å². The van der Waals surface area contributed by atoms with Gasteiger partial charge in [-0.1, -0.05) is 107 Å². The lowest BCUT2D eigenvalue weighted by Gasteiger charge is -2.27. The molecule has 228 valence electrons. The van der Waals surface area contributed by atoms with Crippen molar-refractivity contribution in [3.05, 3.63) is 121 Å². The summed E-state index contributed by atoms with van der Waals surface area (Å²) in [5, 5.41) is 5.34. The van der Waals surface area contributed by atoms with Gasteiger partial charge in [-0.15, -0.1) is 6.58 Å². The normalized spacial score (nSPS) is 17.3. The van der Waals surface area contributed by atoms with E-state index < -0.39 is 0 Å². The van der Waals surface area contributed by atoms with Crippen LogP contribution in [0.25, 0.3) is 21.5 Å². The topological polar surface area (TPSA) is 6.25 Å². The molecule has 2 aliphatic heterocycles. The molecule has 6 rings (SSSR count). The summed E-state index contributed by atoms with van der Waals surface area (Å²) in [6.45, 7) is 18.7. The van der Waals surface area contributed by atoms with Crippen molar-refractivity contribution in [1.82, 2.24) is 0 Å². The van der Waals surface area contributed by atoms with Crippen LogP contribution in [-0.4, -0.2) is 23.9 Å². The van der Waals surface area contributed by atoms with Crippen molar-refractivity contribution in [3.8, 4) is 0 Å². The molecule has 0 saturated heterocycles. The van der Waals surface area contributed by atoms with E-state index in [9.17, 15) is 0 Å². The van der Waals surface area contributed by atoms with Crippen molar-refractivity contribution in [2.45, 2.75) is 84.5 Å². The lowest BCUT2D eigenvalue weighted by molar-refractivity contribution is -0.401. The molecular weight excluding hydrogens is 532 g/mol. The quantitative estimate of drug-likeness (QED) is 0.114. The minimum Gasteiger partial charge on any atom is -0.344 e. The molecule has 0 amide bonds. The number of hydrogen-bond acceptors (Lipinski definition) is 1. The van der Waals surface area contributed by atoms with Crippen molar-refractivity contribution in [2.75, 3.05) is 18.5 Å². The Kier molecular flexibility index (Phi) is 9.30. The van der Waals surface area contributed by atoms with E-state index >= 15 is 0 Å². The van der Waals surface area contributed by atoms with Crippen LogP contribution in [0.5, 0.6) is 0 Å². The van der Waals surface area contributed by atoms with E-state index in [1.807, 2.05) is 6.08 Å². The zero-order valence-electron chi connectivity index (χ0n) is 28.1. The summed E-state index contributed by atoms with van der Waals surface area (Å²) in [5.41, 5.74) is 8.07. The number of benzene rings is 4. The van der Waals surface area contributed by atoms with Crippen LogP contribution < -0.4 is 4.90 Å². The smallest absolute Gasteiger partial charge is 0.210 e. The summed E-state index contributed by atoms with van der Waals surface area (Å²) in [4.78, 5) is 2.59. The van der Waals surface area contributed by atoms with E-state index in [2.05, 4.69) is 156 Å². The third-order valence-electron chi connectivity index (χ3n) is 9.45. The second-order valence-electron chi connectivity index (χ2n) is 13.5. The van der Waals surface area contributed by atoms with Crippen molar-refractivity contribution in [2.24, 2.45) is 0 Å². The molecule has 2 heteroatoms. The van der Waals surface area contributed by atoms with E-state index in [-0.39, 0.29) is 10.8 Å². The van der Waals surface area contributed by atoms with Crippen LogP contribution in [0.2, 0.25) is 0 Å². The van der Waals surface area contributed by atoms with E-state index in [0.29, 0.717) is 0 Å². The van der Waals surface area contributed by atoms with Gasteiger partial charge < -0.3 is 4.90 Å². The van der Waals surface area contributed by atoms with Gasteiger partial charge in [-0.3, -0.25) is 0 Å². The second kappa shape index (κ2) is 13.0. The Bertz CT molecular complexity index is 1760. The van der Waals surface area contributed by atoms with Gasteiger partial charge in [0.15, 0.2) is 5.71 Å². The fraction of sp³-hybridized carbons (Fsp3) is 0.357. The maximum absolute atomic E-state index is 3.90. The third-order valence-corrected chi connectivity index (χ3v) is 9.45. The van der Waals surface area contributed by atoms with Crippen molar-refractivity contribution >= 4 is 38.6 Å². The van der Waals surface area contributed by atoms with Gasteiger partial charge in [0.25, 0.3) is 0 Å². The van der Waals surface area contributed by atoms with Crippen LogP contribution in [0, 0.1) is 0 Å². The van der Waals surface area contributed by atoms with Crippen LogP contribution >= 0.6 is 0 Å². The Morgan fingerprint density at radius 2 is 1.36 bits per heavy atom. The maximum atomic E-state index is 3.90. The molecule has 0 aromatic heterocycles. The van der Waals surface area contributed by atoms with Crippen molar-refractivity contribution in [3.63, 3.8) is 0 Å². The zero-order valence-corrected chi connectivity index (χ0v) is 28.1. The van der Waals surface area contributed by atoms with Crippen molar-refractivity contribution < 1.29 is 4.58 Å². The van der Waals surface area contributed by atoms with Crippen LogP contribution in [0.1, 0.15) is 84.8 Å². The summed E-state index contributed by atoms with van der Waals surface area (Å²) in [6, 6.07) is 26.8.